The van der Waals surface area contributed by atoms with Gasteiger partial charge in [0, 0.05) is 16.0 Å². The third-order valence-corrected chi connectivity index (χ3v) is 3.47. The summed E-state index contributed by atoms with van der Waals surface area (Å²) in [6, 6.07) is 13.5. The quantitative estimate of drug-likeness (QED) is 0.750. The summed E-state index contributed by atoms with van der Waals surface area (Å²) in [7, 11) is 0. The Labute approximate surface area is 110 Å². The van der Waals surface area contributed by atoms with Crippen molar-refractivity contribution >= 4 is 22.4 Å². The molecule has 0 bridgehead atoms. The Morgan fingerprint density at radius 3 is 2.50 bits per heavy atom. The number of hydrogen-bond acceptors (Lipinski definition) is 2. The van der Waals surface area contributed by atoms with Gasteiger partial charge in [-0.2, -0.15) is 0 Å². The molecule has 3 aromatic rings. The molecule has 1 atom stereocenters. The van der Waals surface area contributed by atoms with Crippen LogP contribution in [0.15, 0.2) is 59.4 Å². The minimum Gasteiger partial charge on any atom is -0.472 e. The molecule has 2 N–H and O–H groups in total. The first-order valence-corrected chi connectivity index (χ1v) is 6.10. The van der Waals surface area contributed by atoms with Gasteiger partial charge >= 0.3 is 0 Å². The molecule has 0 amide bonds. The number of hydrogen-bond donors (Lipinski definition) is 1. The summed E-state index contributed by atoms with van der Waals surface area (Å²) in [6.45, 7) is 0. The van der Waals surface area contributed by atoms with Gasteiger partial charge in [0.1, 0.15) is 0 Å². The third kappa shape index (κ3) is 1.80. The van der Waals surface area contributed by atoms with Crippen molar-refractivity contribution in [3.63, 3.8) is 0 Å². The highest BCUT2D eigenvalue weighted by atomic mass is 35.5. The van der Waals surface area contributed by atoms with E-state index in [4.69, 9.17) is 21.8 Å². The standard InChI is InChI=1S/C15H12ClNO/c16-14-6-5-13(11-3-1-2-4-12(11)14)15(17)10-7-8-18-9-10/h1-9,15H,17H2. The fraction of sp³-hybridized carbons (Fsp3) is 0.0667. The second-order valence-corrected chi connectivity index (χ2v) is 4.62. The van der Waals surface area contributed by atoms with Crippen molar-refractivity contribution in [1.82, 2.24) is 0 Å². The summed E-state index contributed by atoms with van der Waals surface area (Å²) >= 11 is 6.20. The normalized spacial score (nSPS) is 12.8. The number of furan rings is 1. The first kappa shape index (κ1) is 11.3. The van der Waals surface area contributed by atoms with Crippen LogP contribution in [-0.2, 0) is 0 Å². The summed E-state index contributed by atoms with van der Waals surface area (Å²) in [6.07, 6.45) is 3.31. The second-order valence-electron chi connectivity index (χ2n) is 4.22. The van der Waals surface area contributed by atoms with Gasteiger partial charge in [-0.1, -0.05) is 41.9 Å². The third-order valence-electron chi connectivity index (χ3n) is 3.14. The van der Waals surface area contributed by atoms with E-state index in [9.17, 15) is 0 Å². The van der Waals surface area contributed by atoms with E-state index in [1.807, 2.05) is 42.5 Å². The molecule has 0 aliphatic carbocycles. The van der Waals surface area contributed by atoms with Gasteiger partial charge in [0.05, 0.1) is 18.6 Å². The molecule has 1 heterocycles. The largest absolute Gasteiger partial charge is 0.472 e. The summed E-state index contributed by atoms with van der Waals surface area (Å²) in [5.41, 5.74) is 8.29. The van der Waals surface area contributed by atoms with Crippen LogP contribution in [0.2, 0.25) is 5.02 Å². The number of benzene rings is 2. The molecular formula is C15H12ClNO. The maximum Gasteiger partial charge on any atom is 0.0953 e. The van der Waals surface area contributed by atoms with Crippen LogP contribution in [0.3, 0.4) is 0 Å². The average Bonchev–Trinajstić information content (AvgIpc) is 2.93. The van der Waals surface area contributed by atoms with Crippen molar-refractivity contribution in [2.24, 2.45) is 5.73 Å². The Morgan fingerprint density at radius 2 is 1.78 bits per heavy atom. The Balaban J connectivity index is 2.21. The predicted octanol–water partition coefficient (Wildman–Crippen LogP) is 4.13. The average molecular weight is 258 g/mol. The van der Waals surface area contributed by atoms with Crippen molar-refractivity contribution in [3.05, 3.63) is 71.1 Å². The van der Waals surface area contributed by atoms with Crippen molar-refractivity contribution in [2.45, 2.75) is 6.04 Å². The van der Waals surface area contributed by atoms with Gasteiger partial charge in [0.25, 0.3) is 0 Å². The second kappa shape index (κ2) is 4.48. The van der Waals surface area contributed by atoms with Crippen molar-refractivity contribution in [2.75, 3.05) is 0 Å². The highest BCUT2D eigenvalue weighted by molar-refractivity contribution is 6.35. The molecule has 1 unspecified atom stereocenters. The van der Waals surface area contributed by atoms with E-state index >= 15 is 0 Å². The zero-order valence-corrected chi connectivity index (χ0v) is 10.4. The monoisotopic (exact) mass is 257 g/mol. The topological polar surface area (TPSA) is 39.2 Å². The van der Waals surface area contributed by atoms with Crippen LogP contribution in [-0.4, -0.2) is 0 Å². The fourth-order valence-electron chi connectivity index (χ4n) is 2.19. The van der Waals surface area contributed by atoms with E-state index in [0.717, 1.165) is 26.9 Å². The molecule has 0 aliphatic rings. The molecule has 3 heteroatoms. The Bertz CT molecular complexity index is 676. The molecule has 90 valence electrons. The van der Waals surface area contributed by atoms with Gasteiger partial charge in [0.15, 0.2) is 0 Å². The zero-order chi connectivity index (χ0) is 12.5. The summed E-state index contributed by atoms with van der Waals surface area (Å²) in [4.78, 5) is 0. The maximum absolute atomic E-state index is 6.27. The van der Waals surface area contributed by atoms with Crippen LogP contribution in [0.1, 0.15) is 17.2 Å². The molecule has 18 heavy (non-hydrogen) atoms. The molecule has 0 radical (unpaired) electrons. The lowest BCUT2D eigenvalue weighted by Gasteiger charge is -2.14. The first-order valence-electron chi connectivity index (χ1n) is 5.72. The summed E-state index contributed by atoms with van der Waals surface area (Å²) in [5.74, 6) is 0. The van der Waals surface area contributed by atoms with Crippen molar-refractivity contribution < 1.29 is 4.42 Å². The molecule has 1 aromatic heterocycles. The van der Waals surface area contributed by atoms with Crippen LogP contribution >= 0.6 is 11.6 Å². The fourth-order valence-corrected chi connectivity index (χ4v) is 2.42. The van der Waals surface area contributed by atoms with Crippen LogP contribution < -0.4 is 5.73 Å². The van der Waals surface area contributed by atoms with Gasteiger partial charge < -0.3 is 10.2 Å². The molecule has 2 nitrogen and oxygen atoms in total. The SMILES string of the molecule is NC(c1ccoc1)c1ccc(Cl)c2ccccc12. The number of fused-ring (bicyclic) bond motifs is 1. The first-order chi connectivity index (χ1) is 8.77. The van der Waals surface area contributed by atoms with Crippen molar-refractivity contribution in [1.29, 1.82) is 0 Å². The van der Waals surface area contributed by atoms with Crippen LogP contribution in [0.25, 0.3) is 10.8 Å². The minimum absolute atomic E-state index is 0.203. The summed E-state index contributed by atoms with van der Waals surface area (Å²) in [5, 5.41) is 2.85. The Kier molecular flexibility index (Phi) is 2.82. The van der Waals surface area contributed by atoms with Gasteiger partial charge in [-0.15, -0.1) is 0 Å². The predicted molar refractivity (Wildman–Crippen MR) is 73.7 cm³/mol. The van der Waals surface area contributed by atoms with Crippen LogP contribution in [0.4, 0.5) is 0 Å². The lowest BCUT2D eigenvalue weighted by molar-refractivity contribution is 0.562. The van der Waals surface area contributed by atoms with E-state index in [-0.39, 0.29) is 6.04 Å². The lowest BCUT2D eigenvalue weighted by atomic mass is 9.96. The number of rotatable bonds is 2. The van der Waals surface area contributed by atoms with Crippen molar-refractivity contribution in [3.8, 4) is 0 Å². The Hall–Kier alpha value is -1.77. The zero-order valence-electron chi connectivity index (χ0n) is 9.64. The van der Waals surface area contributed by atoms with Gasteiger partial charge in [-0.3, -0.25) is 0 Å². The highest BCUT2D eigenvalue weighted by Crippen LogP contribution is 2.31. The van der Waals surface area contributed by atoms with E-state index in [1.54, 1.807) is 12.5 Å². The van der Waals surface area contributed by atoms with E-state index < -0.39 is 0 Å². The number of halogens is 1. The van der Waals surface area contributed by atoms with Gasteiger partial charge in [-0.05, 0) is 23.1 Å². The lowest BCUT2D eigenvalue weighted by Crippen LogP contribution is -2.11. The van der Waals surface area contributed by atoms with E-state index in [2.05, 4.69) is 0 Å². The summed E-state index contributed by atoms with van der Waals surface area (Å²) < 4.78 is 5.09. The minimum atomic E-state index is -0.203. The molecule has 0 fully saturated rings. The van der Waals surface area contributed by atoms with Crippen LogP contribution in [0, 0.1) is 0 Å². The van der Waals surface area contributed by atoms with Crippen LogP contribution in [0.5, 0.6) is 0 Å². The van der Waals surface area contributed by atoms with Gasteiger partial charge in [0.2, 0.25) is 0 Å². The smallest absolute Gasteiger partial charge is 0.0953 e. The van der Waals surface area contributed by atoms with E-state index in [0.29, 0.717) is 0 Å². The Morgan fingerprint density at radius 1 is 1.00 bits per heavy atom. The molecule has 2 aromatic carbocycles. The molecular weight excluding hydrogens is 246 g/mol. The molecule has 0 saturated heterocycles. The number of nitrogens with two attached hydrogens (primary N) is 1. The molecule has 0 aliphatic heterocycles. The molecule has 3 rings (SSSR count). The van der Waals surface area contributed by atoms with Gasteiger partial charge in [-0.25, -0.2) is 0 Å². The van der Waals surface area contributed by atoms with E-state index in [1.165, 1.54) is 0 Å². The molecule has 0 spiro atoms. The maximum atomic E-state index is 6.27. The molecule has 0 saturated carbocycles. The highest BCUT2D eigenvalue weighted by Gasteiger charge is 2.14.